The Morgan fingerprint density at radius 1 is 1.23 bits per heavy atom. The molecule has 2 aromatic carbocycles. The number of thiazole rings is 1. The van der Waals surface area contributed by atoms with Gasteiger partial charge in [-0.3, -0.25) is 0 Å². The van der Waals surface area contributed by atoms with Gasteiger partial charge >= 0.3 is 11.9 Å². The van der Waals surface area contributed by atoms with E-state index in [0.29, 0.717) is 18.6 Å². The molecule has 26 heavy (non-hydrogen) atoms. The summed E-state index contributed by atoms with van der Waals surface area (Å²) in [6, 6.07) is 15.3. The van der Waals surface area contributed by atoms with Gasteiger partial charge in [0.05, 0.1) is 22.4 Å². The van der Waals surface area contributed by atoms with Gasteiger partial charge in [0.2, 0.25) is 6.10 Å². The van der Waals surface area contributed by atoms with Gasteiger partial charge in [0.1, 0.15) is 0 Å². The molecule has 1 saturated heterocycles. The SMILES string of the molecule is O=C(OC1CCOC1=O)c1ccc(CSc2nc3ccccc3s2)cc1. The van der Waals surface area contributed by atoms with Crippen LogP contribution in [-0.2, 0) is 20.0 Å². The van der Waals surface area contributed by atoms with Crippen LogP contribution in [0.2, 0.25) is 0 Å². The van der Waals surface area contributed by atoms with Crippen molar-refractivity contribution in [2.75, 3.05) is 6.61 Å². The Labute approximate surface area is 158 Å². The van der Waals surface area contributed by atoms with Gasteiger partial charge in [-0.1, -0.05) is 36.0 Å². The van der Waals surface area contributed by atoms with Crippen molar-refractivity contribution < 1.29 is 19.1 Å². The fraction of sp³-hybridized carbons (Fsp3) is 0.211. The highest BCUT2D eigenvalue weighted by atomic mass is 32.2. The molecule has 7 heteroatoms. The van der Waals surface area contributed by atoms with Gasteiger partial charge in [-0.2, -0.15) is 0 Å². The van der Waals surface area contributed by atoms with E-state index in [4.69, 9.17) is 9.47 Å². The summed E-state index contributed by atoms with van der Waals surface area (Å²) < 4.78 is 12.2. The standard InChI is InChI=1S/C19H15NO4S2/c21-17(24-15-9-10-23-18(15)22)13-7-5-12(6-8-13)11-25-19-20-14-3-1-2-4-16(14)26-19/h1-8,15H,9-11H2. The first-order valence-corrected chi connectivity index (χ1v) is 9.94. The van der Waals surface area contributed by atoms with Gasteiger partial charge in [0, 0.05) is 12.2 Å². The Hall–Kier alpha value is -2.38. The molecule has 1 fully saturated rings. The molecule has 132 valence electrons. The second kappa shape index (κ2) is 7.47. The van der Waals surface area contributed by atoms with E-state index in [1.54, 1.807) is 35.2 Å². The molecule has 0 amide bonds. The molecule has 1 aromatic heterocycles. The average Bonchev–Trinajstić information content (AvgIpc) is 3.26. The van der Waals surface area contributed by atoms with Crippen LogP contribution in [0.4, 0.5) is 0 Å². The molecule has 0 bridgehead atoms. The third kappa shape index (κ3) is 3.73. The highest BCUT2D eigenvalue weighted by molar-refractivity contribution is 8.00. The van der Waals surface area contributed by atoms with Crippen LogP contribution >= 0.6 is 23.1 Å². The maximum absolute atomic E-state index is 12.1. The van der Waals surface area contributed by atoms with Crippen molar-refractivity contribution in [1.29, 1.82) is 0 Å². The average molecular weight is 385 g/mol. The van der Waals surface area contributed by atoms with Crippen LogP contribution in [0.25, 0.3) is 10.2 Å². The number of benzene rings is 2. The van der Waals surface area contributed by atoms with Crippen LogP contribution in [0.5, 0.6) is 0 Å². The van der Waals surface area contributed by atoms with Crippen molar-refractivity contribution in [3.05, 3.63) is 59.7 Å². The van der Waals surface area contributed by atoms with E-state index in [9.17, 15) is 9.59 Å². The lowest BCUT2D eigenvalue weighted by Gasteiger charge is -2.08. The highest BCUT2D eigenvalue weighted by Crippen LogP contribution is 2.31. The van der Waals surface area contributed by atoms with Crippen molar-refractivity contribution in [2.45, 2.75) is 22.6 Å². The first kappa shape index (κ1) is 17.1. The second-order valence-corrected chi connectivity index (χ2v) is 8.04. The lowest BCUT2D eigenvalue weighted by molar-refractivity contribution is -0.145. The predicted molar refractivity (Wildman–Crippen MR) is 100 cm³/mol. The number of ether oxygens (including phenoxy) is 2. The van der Waals surface area contributed by atoms with Crippen molar-refractivity contribution >= 4 is 45.3 Å². The van der Waals surface area contributed by atoms with E-state index < -0.39 is 18.0 Å². The minimum Gasteiger partial charge on any atom is -0.463 e. The van der Waals surface area contributed by atoms with Gasteiger partial charge in [-0.05, 0) is 29.8 Å². The van der Waals surface area contributed by atoms with E-state index in [0.717, 1.165) is 21.2 Å². The molecule has 1 atom stereocenters. The number of thioether (sulfide) groups is 1. The molecule has 0 aliphatic carbocycles. The molecule has 0 spiro atoms. The number of cyclic esters (lactones) is 1. The summed E-state index contributed by atoms with van der Waals surface area (Å²) in [6.45, 7) is 0.304. The quantitative estimate of drug-likeness (QED) is 0.487. The third-order valence-corrected chi connectivity index (χ3v) is 6.21. The summed E-state index contributed by atoms with van der Waals surface area (Å²) in [5.41, 5.74) is 2.54. The molecular formula is C19H15NO4S2. The Morgan fingerprint density at radius 2 is 2.04 bits per heavy atom. The van der Waals surface area contributed by atoms with Gasteiger partial charge in [0.15, 0.2) is 4.34 Å². The molecule has 0 N–H and O–H groups in total. The number of hydrogen-bond donors (Lipinski definition) is 0. The minimum atomic E-state index is -0.781. The summed E-state index contributed by atoms with van der Waals surface area (Å²) in [5.74, 6) is -0.203. The zero-order valence-corrected chi connectivity index (χ0v) is 15.3. The third-order valence-electron chi connectivity index (χ3n) is 3.96. The number of esters is 2. The van der Waals surface area contributed by atoms with E-state index in [1.807, 2.05) is 30.3 Å². The number of fused-ring (bicyclic) bond motifs is 1. The lowest BCUT2D eigenvalue weighted by atomic mass is 10.1. The highest BCUT2D eigenvalue weighted by Gasteiger charge is 2.30. The molecule has 0 saturated carbocycles. The molecular weight excluding hydrogens is 370 g/mol. The van der Waals surface area contributed by atoms with Gasteiger partial charge in [0.25, 0.3) is 0 Å². The van der Waals surface area contributed by atoms with Crippen LogP contribution in [0.3, 0.4) is 0 Å². The van der Waals surface area contributed by atoms with Crippen LogP contribution in [-0.4, -0.2) is 29.6 Å². The Kier molecular flexibility index (Phi) is 4.90. The number of nitrogens with zero attached hydrogens (tertiary/aromatic N) is 1. The molecule has 0 radical (unpaired) electrons. The molecule has 4 rings (SSSR count). The number of hydrogen-bond acceptors (Lipinski definition) is 7. The van der Waals surface area contributed by atoms with Crippen LogP contribution in [0.1, 0.15) is 22.3 Å². The summed E-state index contributed by atoms with van der Waals surface area (Å²) >= 11 is 3.35. The zero-order valence-electron chi connectivity index (χ0n) is 13.7. The normalized spacial score (nSPS) is 16.6. The molecule has 1 aliphatic heterocycles. The molecule has 3 aromatic rings. The van der Waals surface area contributed by atoms with E-state index in [-0.39, 0.29) is 0 Å². The number of carbonyl (C=O) groups is 2. The molecule has 5 nitrogen and oxygen atoms in total. The van der Waals surface area contributed by atoms with Crippen molar-refractivity contribution in [3.63, 3.8) is 0 Å². The maximum Gasteiger partial charge on any atom is 0.347 e. The molecule has 1 aliphatic rings. The van der Waals surface area contributed by atoms with E-state index >= 15 is 0 Å². The summed E-state index contributed by atoms with van der Waals surface area (Å²) in [6.07, 6.45) is -0.363. The summed E-state index contributed by atoms with van der Waals surface area (Å²) in [5, 5.41) is 0. The second-order valence-electron chi connectivity index (χ2n) is 5.78. The summed E-state index contributed by atoms with van der Waals surface area (Å²) in [4.78, 5) is 28.1. The first-order chi connectivity index (χ1) is 12.7. The molecule has 1 unspecified atom stereocenters. The lowest BCUT2D eigenvalue weighted by Crippen LogP contribution is -2.22. The largest absolute Gasteiger partial charge is 0.463 e. The Morgan fingerprint density at radius 3 is 2.77 bits per heavy atom. The Balaban J connectivity index is 1.36. The van der Waals surface area contributed by atoms with Gasteiger partial charge in [-0.15, -0.1) is 11.3 Å². The van der Waals surface area contributed by atoms with Crippen molar-refractivity contribution in [3.8, 4) is 0 Å². The number of rotatable bonds is 5. The zero-order chi connectivity index (χ0) is 17.9. The van der Waals surface area contributed by atoms with Crippen LogP contribution < -0.4 is 0 Å². The predicted octanol–water partition coefficient (Wildman–Crippen LogP) is 4.06. The van der Waals surface area contributed by atoms with Crippen molar-refractivity contribution in [1.82, 2.24) is 4.98 Å². The topological polar surface area (TPSA) is 65.5 Å². The molecule has 2 heterocycles. The first-order valence-electron chi connectivity index (χ1n) is 8.14. The van der Waals surface area contributed by atoms with Crippen LogP contribution in [0, 0.1) is 0 Å². The van der Waals surface area contributed by atoms with E-state index in [2.05, 4.69) is 11.1 Å². The van der Waals surface area contributed by atoms with Gasteiger partial charge in [-0.25, -0.2) is 14.6 Å². The number of aromatic nitrogens is 1. The van der Waals surface area contributed by atoms with E-state index in [1.165, 1.54) is 4.70 Å². The number of carbonyl (C=O) groups excluding carboxylic acids is 2. The maximum atomic E-state index is 12.1. The van der Waals surface area contributed by atoms with Crippen LogP contribution in [0.15, 0.2) is 52.9 Å². The Bertz CT molecular complexity index is 919. The smallest absolute Gasteiger partial charge is 0.347 e. The fourth-order valence-corrected chi connectivity index (χ4v) is 4.60. The minimum absolute atomic E-state index is 0.304. The van der Waals surface area contributed by atoms with Crippen molar-refractivity contribution in [2.24, 2.45) is 0 Å². The summed E-state index contributed by atoms with van der Waals surface area (Å²) in [7, 11) is 0. The monoisotopic (exact) mass is 385 g/mol. The van der Waals surface area contributed by atoms with Gasteiger partial charge < -0.3 is 9.47 Å². The number of para-hydroxylation sites is 1. The fourth-order valence-electron chi connectivity index (χ4n) is 2.58.